The summed E-state index contributed by atoms with van der Waals surface area (Å²) < 4.78 is 0. The topological polar surface area (TPSA) is 52.7 Å². The summed E-state index contributed by atoms with van der Waals surface area (Å²) in [7, 11) is 0. The second-order valence-electron chi connectivity index (χ2n) is 6.58. The summed E-state index contributed by atoms with van der Waals surface area (Å²) in [6, 6.07) is 15.2. The Hall–Kier alpha value is -2.50. The van der Waals surface area contributed by atoms with Gasteiger partial charge in [0.1, 0.15) is 0 Å². The van der Waals surface area contributed by atoms with Gasteiger partial charge in [0.25, 0.3) is 11.8 Å². The highest BCUT2D eigenvalue weighted by Crippen LogP contribution is 2.24. The predicted molar refractivity (Wildman–Crippen MR) is 95.2 cm³/mol. The first-order valence-corrected chi connectivity index (χ1v) is 8.68. The van der Waals surface area contributed by atoms with Gasteiger partial charge in [-0.2, -0.15) is 0 Å². The number of carbonyl (C=O) groups is 2. The lowest BCUT2D eigenvalue weighted by molar-refractivity contribution is 0.0642. The molecular weight excluding hydrogens is 314 g/mol. The third kappa shape index (κ3) is 3.21. The lowest BCUT2D eigenvalue weighted by Gasteiger charge is -2.27. The Kier molecular flexibility index (Phi) is 4.34. The van der Waals surface area contributed by atoms with E-state index < -0.39 is 0 Å². The van der Waals surface area contributed by atoms with Crippen molar-refractivity contribution >= 4 is 11.8 Å². The molecule has 5 nitrogen and oxygen atoms in total. The summed E-state index contributed by atoms with van der Waals surface area (Å²) in [6.07, 6.45) is 0. The highest BCUT2D eigenvalue weighted by atomic mass is 16.2. The maximum absolute atomic E-state index is 12.4. The quantitative estimate of drug-likeness (QED) is 0.867. The normalized spacial score (nSPS) is 17.8. The van der Waals surface area contributed by atoms with Gasteiger partial charge in [-0.1, -0.05) is 36.4 Å². The molecule has 1 fully saturated rings. The zero-order chi connectivity index (χ0) is 17.2. The molecule has 0 radical (unpaired) electrons. The third-order valence-electron chi connectivity index (χ3n) is 4.86. The number of fused-ring (bicyclic) bond motifs is 1. The van der Waals surface area contributed by atoms with Crippen LogP contribution in [0.2, 0.25) is 0 Å². The molecule has 25 heavy (non-hydrogen) atoms. The Morgan fingerprint density at radius 1 is 0.760 bits per heavy atom. The molecule has 0 aromatic heterocycles. The number of piperazine rings is 1. The number of carbonyl (C=O) groups excluding carboxylic acids is 2. The summed E-state index contributed by atoms with van der Waals surface area (Å²) in [5.41, 5.74) is 3.23. The number of nitrogens with one attached hydrogen (secondary N) is 1. The molecule has 2 aliphatic rings. The van der Waals surface area contributed by atoms with Crippen LogP contribution in [0.3, 0.4) is 0 Å². The lowest BCUT2D eigenvalue weighted by Crippen LogP contribution is -2.42. The lowest BCUT2D eigenvalue weighted by atomic mass is 10.1. The maximum Gasteiger partial charge on any atom is 0.261 e. The van der Waals surface area contributed by atoms with Crippen molar-refractivity contribution < 1.29 is 9.59 Å². The largest absolute Gasteiger partial charge is 0.314 e. The van der Waals surface area contributed by atoms with E-state index in [0.717, 1.165) is 38.3 Å². The van der Waals surface area contributed by atoms with Crippen LogP contribution >= 0.6 is 0 Å². The minimum Gasteiger partial charge on any atom is -0.314 e. The second-order valence-corrected chi connectivity index (χ2v) is 6.58. The van der Waals surface area contributed by atoms with Crippen molar-refractivity contribution in [2.45, 2.75) is 13.1 Å². The van der Waals surface area contributed by atoms with Crippen molar-refractivity contribution in [1.29, 1.82) is 0 Å². The zero-order valence-electron chi connectivity index (χ0n) is 14.1. The predicted octanol–water partition coefficient (Wildman–Crippen LogP) is 1.89. The van der Waals surface area contributed by atoms with E-state index in [1.165, 1.54) is 10.5 Å². The van der Waals surface area contributed by atoms with Crippen molar-refractivity contribution in [3.63, 3.8) is 0 Å². The van der Waals surface area contributed by atoms with Gasteiger partial charge in [0.2, 0.25) is 0 Å². The first kappa shape index (κ1) is 16.0. The fourth-order valence-electron chi connectivity index (χ4n) is 3.44. The van der Waals surface area contributed by atoms with E-state index in [0.29, 0.717) is 17.7 Å². The van der Waals surface area contributed by atoms with Crippen LogP contribution in [-0.2, 0) is 13.1 Å². The first-order valence-electron chi connectivity index (χ1n) is 8.68. The highest BCUT2D eigenvalue weighted by Gasteiger charge is 2.34. The number of rotatable bonds is 4. The first-order chi connectivity index (χ1) is 12.2. The molecule has 1 N–H and O–H groups in total. The molecule has 0 bridgehead atoms. The Morgan fingerprint density at radius 2 is 1.28 bits per heavy atom. The van der Waals surface area contributed by atoms with Gasteiger partial charge >= 0.3 is 0 Å². The van der Waals surface area contributed by atoms with Crippen LogP contribution < -0.4 is 5.32 Å². The standard InChI is InChI=1S/C20H21N3O2/c24-19-17-3-1-2-4-18(17)20(25)23(19)14-16-7-5-15(6-8-16)13-22-11-9-21-10-12-22/h1-8,21H,9-14H2. The minimum absolute atomic E-state index is 0.203. The zero-order valence-corrected chi connectivity index (χ0v) is 14.1. The van der Waals surface area contributed by atoms with Crippen LogP contribution in [0.5, 0.6) is 0 Å². The summed E-state index contributed by atoms with van der Waals surface area (Å²) in [6.45, 7) is 5.47. The van der Waals surface area contributed by atoms with E-state index in [1.807, 2.05) is 12.1 Å². The second kappa shape index (κ2) is 6.78. The SMILES string of the molecule is O=C1c2ccccc2C(=O)N1Cc1ccc(CN2CCNCC2)cc1. The molecule has 0 atom stereocenters. The van der Waals surface area contributed by atoms with Gasteiger partial charge in [-0.05, 0) is 23.3 Å². The van der Waals surface area contributed by atoms with Gasteiger partial charge in [-0.15, -0.1) is 0 Å². The summed E-state index contributed by atoms with van der Waals surface area (Å²) in [4.78, 5) is 28.6. The minimum atomic E-state index is -0.203. The molecule has 5 heteroatoms. The monoisotopic (exact) mass is 335 g/mol. The van der Waals surface area contributed by atoms with E-state index in [1.54, 1.807) is 24.3 Å². The Labute approximate surface area is 147 Å². The summed E-state index contributed by atoms with van der Waals surface area (Å²) in [5, 5.41) is 3.35. The molecule has 0 aliphatic carbocycles. The average molecular weight is 335 g/mol. The van der Waals surface area contributed by atoms with Crippen molar-refractivity contribution in [2.75, 3.05) is 26.2 Å². The van der Waals surface area contributed by atoms with E-state index in [-0.39, 0.29) is 11.8 Å². The summed E-state index contributed by atoms with van der Waals surface area (Å²) in [5.74, 6) is -0.406. The molecule has 128 valence electrons. The number of benzene rings is 2. The van der Waals surface area contributed by atoms with Crippen molar-refractivity contribution in [3.8, 4) is 0 Å². The maximum atomic E-state index is 12.4. The average Bonchev–Trinajstić information content (AvgIpc) is 2.89. The molecular formula is C20H21N3O2. The molecule has 4 rings (SSSR count). The van der Waals surface area contributed by atoms with E-state index in [2.05, 4.69) is 22.3 Å². The van der Waals surface area contributed by atoms with Gasteiger partial charge in [0, 0.05) is 32.7 Å². The van der Waals surface area contributed by atoms with Crippen molar-refractivity contribution in [3.05, 3.63) is 70.8 Å². The van der Waals surface area contributed by atoms with Gasteiger partial charge < -0.3 is 5.32 Å². The smallest absolute Gasteiger partial charge is 0.261 e. The fourth-order valence-corrected chi connectivity index (χ4v) is 3.44. The molecule has 2 aliphatic heterocycles. The van der Waals surface area contributed by atoms with Crippen molar-refractivity contribution in [2.24, 2.45) is 0 Å². The number of hydrogen-bond donors (Lipinski definition) is 1. The van der Waals surface area contributed by atoms with Gasteiger partial charge in [-0.3, -0.25) is 19.4 Å². The van der Waals surface area contributed by atoms with Crippen LogP contribution in [-0.4, -0.2) is 47.8 Å². The van der Waals surface area contributed by atoms with Crippen LogP contribution in [0.25, 0.3) is 0 Å². The molecule has 2 aromatic rings. The number of hydrogen-bond acceptors (Lipinski definition) is 4. The summed E-state index contributed by atoms with van der Waals surface area (Å²) >= 11 is 0. The number of amides is 2. The fraction of sp³-hybridized carbons (Fsp3) is 0.300. The van der Waals surface area contributed by atoms with Gasteiger partial charge in [0.05, 0.1) is 17.7 Å². The van der Waals surface area contributed by atoms with Crippen molar-refractivity contribution in [1.82, 2.24) is 15.1 Å². The van der Waals surface area contributed by atoms with E-state index >= 15 is 0 Å². The molecule has 2 amide bonds. The van der Waals surface area contributed by atoms with Crippen LogP contribution in [0.4, 0.5) is 0 Å². The number of nitrogens with zero attached hydrogens (tertiary/aromatic N) is 2. The number of imide groups is 1. The Bertz CT molecular complexity index is 760. The highest BCUT2D eigenvalue weighted by molar-refractivity contribution is 6.21. The van der Waals surface area contributed by atoms with E-state index in [9.17, 15) is 9.59 Å². The molecule has 1 saturated heterocycles. The van der Waals surface area contributed by atoms with Crippen LogP contribution in [0.1, 0.15) is 31.8 Å². The van der Waals surface area contributed by atoms with Gasteiger partial charge in [-0.25, -0.2) is 0 Å². The molecule has 0 unspecified atom stereocenters. The van der Waals surface area contributed by atoms with Crippen LogP contribution in [0.15, 0.2) is 48.5 Å². The molecule has 2 heterocycles. The van der Waals surface area contributed by atoms with Gasteiger partial charge in [0.15, 0.2) is 0 Å². The third-order valence-corrected chi connectivity index (χ3v) is 4.86. The molecule has 0 saturated carbocycles. The van der Waals surface area contributed by atoms with Crippen LogP contribution in [0, 0.1) is 0 Å². The van der Waals surface area contributed by atoms with E-state index in [4.69, 9.17) is 0 Å². The Morgan fingerprint density at radius 3 is 1.84 bits per heavy atom. The molecule has 2 aromatic carbocycles. The molecule has 0 spiro atoms. The Balaban J connectivity index is 1.43.